The molecular formula is C12H13NO4. The van der Waals surface area contributed by atoms with Crippen molar-refractivity contribution in [3.63, 3.8) is 0 Å². The van der Waals surface area contributed by atoms with Gasteiger partial charge in [-0.25, -0.2) is 0 Å². The fourth-order valence-corrected chi connectivity index (χ4v) is 2.06. The molecule has 5 nitrogen and oxygen atoms in total. The van der Waals surface area contributed by atoms with Crippen molar-refractivity contribution in [2.24, 2.45) is 0 Å². The van der Waals surface area contributed by atoms with E-state index in [1.165, 1.54) is 0 Å². The highest BCUT2D eigenvalue weighted by molar-refractivity contribution is 6.07. The molecule has 1 aliphatic rings. The van der Waals surface area contributed by atoms with Crippen LogP contribution in [0.5, 0.6) is 0 Å². The fourth-order valence-electron chi connectivity index (χ4n) is 2.06. The monoisotopic (exact) mass is 235 g/mol. The van der Waals surface area contributed by atoms with Gasteiger partial charge in [0.15, 0.2) is 5.60 Å². The van der Waals surface area contributed by atoms with Gasteiger partial charge in [-0.3, -0.25) is 9.59 Å². The van der Waals surface area contributed by atoms with Gasteiger partial charge in [0.25, 0.3) is 5.91 Å². The minimum Gasteiger partial charge on any atom is -0.481 e. The van der Waals surface area contributed by atoms with E-state index in [-0.39, 0.29) is 0 Å². The van der Waals surface area contributed by atoms with Crippen molar-refractivity contribution < 1.29 is 19.8 Å². The largest absolute Gasteiger partial charge is 0.481 e. The predicted molar refractivity (Wildman–Crippen MR) is 60.7 cm³/mol. The van der Waals surface area contributed by atoms with E-state index < -0.39 is 23.9 Å². The van der Waals surface area contributed by atoms with Crippen molar-refractivity contribution in [2.45, 2.75) is 25.9 Å². The van der Waals surface area contributed by atoms with Gasteiger partial charge in [-0.05, 0) is 25.0 Å². The molecule has 1 atom stereocenters. The molecule has 0 radical (unpaired) electrons. The number of aryl methyl sites for hydroxylation is 1. The number of amides is 1. The third-order valence-corrected chi connectivity index (χ3v) is 3.20. The third-order valence-electron chi connectivity index (χ3n) is 3.20. The Kier molecular flexibility index (Phi) is 2.43. The highest BCUT2D eigenvalue weighted by Gasteiger charge is 2.47. The van der Waals surface area contributed by atoms with Crippen LogP contribution in [-0.4, -0.2) is 22.1 Å². The first-order valence-electron chi connectivity index (χ1n) is 5.22. The molecule has 0 spiro atoms. The van der Waals surface area contributed by atoms with E-state index in [0.717, 1.165) is 11.1 Å². The molecule has 0 aromatic heterocycles. The van der Waals surface area contributed by atoms with Crippen LogP contribution in [0.3, 0.4) is 0 Å². The van der Waals surface area contributed by atoms with Crippen LogP contribution in [-0.2, 0) is 15.2 Å². The smallest absolute Gasteiger partial charge is 0.307 e. The molecule has 0 aliphatic carbocycles. The van der Waals surface area contributed by atoms with Gasteiger partial charge in [0.1, 0.15) is 0 Å². The van der Waals surface area contributed by atoms with Gasteiger partial charge in [0, 0.05) is 5.56 Å². The van der Waals surface area contributed by atoms with E-state index in [1.807, 2.05) is 13.8 Å². The lowest BCUT2D eigenvalue weighted by Gasteiger charge is -2.18. The molecule has 1 unspecified atom stereocenters. The average molecular weight is 235 g/mol. The van der Waals surface area contributed by atoms with Crippen LogP contribution in [0.2, 0.25) is 0 Å². The van der Waals surface area contributed by atoms with E-state index in [0.29, 0.717) is 11.3 Å². The van der Waals surface area contributed by atoms with Crippen molar-refractivity contribution in [3.05, 3.63) is 28.8 Å². The van der Waals surface area contributed by atoms with E-state index in [9.17, 15) is 14.7 Å². The Morgan fingerprint density at radius 1 is 1.41 bits per heavy atom. The van der Waals surface area contributed by atoms with Crippen LogP contribution < -0.4 is 5.32 Å². The minimum atomic E-state index is -1.96. The highest BCUT2D eigenvalue weighted by Crippen LogP contribution is 2.40. The summed E-state index contributed by atoms with van der Waals surface area (Å²) < 4.78 is 0. The number of aliphatic hydroxyl groups is 1. The molecule has 1 heterocycles. The Morgan fingerprint density at radius 3 is 2.65 bits per heavy atom. The quantitative estimate of drug-likeness (QED) is 0.711. The lowest BCUT2D eigenvalue weighted by atomic mass is 9.90. The number of aliphatic carboxylic acids is 1. The average Bonchev–Trinajstić information content (AvgIpc) is 2.46. The lowest BCUT2D eigenvalue weighted by Crippen LogP contribution is -2.36. The molecule has 0 saturated heterocycles. The molecule has 17 heavy (non-hydrogen) atoms. The van der Waals surface area contributed by atoms with Crippen LogP contribution in [0.4, 0.5) is 5.69 Å². The second-order valence-corrected chi connectivity index (χ2v) is 4.31. The molecule has 1 aromatic rings. The molecule has 1 amide bonds. The SMILES string of the molecule is Cc1ccc2c(c1C)NC(=O)C2(O)CC(=O)O. The number of hydrogen-bond acceptors (Lipinski definition) is 3. The standard InChI is InChI=1S/C12H13NO4/c1-6-3-4-8-10(7(6)2)13-11(16)12(8,17)5-9(14)15/h3-4,17H,5H2,1-2H3,(H,13,16)(H,14,15). The van der Waals surface area contributed by atoms with Crippen molar-refractivity contribution in [1.82, 2.24) is 0 Å². The maximum atomic E-state index is 11.7. The summed E-state index contributed by atoms with van der Waals surface area (Å²) in [6, 6.07) is 3.36. The number of nitrogens with one attached hydrogen (secondary N) is 1. The Balaban J connectivity index is 2.59. The summed E-state index contributed by atoms with van der Waals surface area (Å²) >= 11 is 0. The zero-order chi connectivity index (χ0) is 12.8. The first kappa shape index (κ1) is 11.6. The molecule has 1 aromatic carbocycles. The normalized spacial score (nSPS) is 22.2. The molecule has 3 N–H and O–H groups in total. The summed E-state index contributed by atoms with van der Waals surface area (Å²) in [5.41, 5.74) is 0.729. The van der Waals surface area contributed by atoms with Crippen molar-refractivity contribution >= 4 is 17.6 Å². The van der Waals surface area contributed by atoms with E-state index in [1.54, 1.807) is 12.1 Å². The van der Waals surface area contributed by atoms with Gasteiger partial charge in [-0.1, -0.05) is 12.1 Å². The van der Waals surface area contributed by atoms with Crippen LogP contribution in [0.1, 0.15) is 23.1 Å². The summed E-state index contributed by atoms with van der Waals surface area (Å²) in [6.45, 7) is 3.71. The Labute approximate surface area is 98.1 Å². The highest BCUT2D eigenvalue weighted by atomic mass is 16.4. The molecule has 1 aliphatic heterocycles. The zero-order valence-electron chi connectivity index (χ0n) is 9.57. The Morgan fingerprint density at radius 2 is 2.06 bits per heavy atom. The number of carboxylic acids is 1. The molecule has 0 fully saturated rings. The van der Waals surface area contributed by atoms with E-state index >= 15 is 0 Å². The van der Waals surface area contributed by atoms with Gasteiger partial charge in [-0.15, -0.1) is 0 Å². The Hall–Kier alpha value is -1.88. The molecule has 0 saturated carbocycles. The van der Waals surface area contributed by atoms with Gasteiger partial charge >= 0.3 is 5.97 Å². The first-order valence-corrected chi connectivity index (χ1v) is 5.22. The van der Waals surface area contributed by atoms with Crippen molar-refractivity contribution in [1.29, 1.82) is 0 Å². The number of rotatable bonds is 2. The first-order chi connectivity index (χ1) is 7.86. The fraction of sp³-hybridized carbons (Fsp3) is 0.333. The topological polar surface area (TPSA) is 86.6 Å². The third kappa shape index (κ3) is 1.59. The summed E-state index contributed by atoms with van der Waals surface area (Å²) in [7, 11) is 0. The maximum absolute atomic E-state index is 11.7. The van der Waals surface area contributed by atoms with E-state index in [4.69, 9.17) is 5.11 Å². The number of hydrogen-bond donors (Lipinski definition) is 3. The molecule has 2 rings (SSSR count). The summed E-state index contributed by atoms with van der Waals surface area (Å²) in [5.74, 6) is -1.89. The van der Waals surface area contributed by atoms with E-state index in [2.05, 4.69) is 5.32 Å². The number of anilines is 1. The van der Waals surface area contributed by atoms with Gasteiger partial charge in [0.05, 0.1) is 12.1 Å². The van der Waals surface area contributed by atoms with Gasteiger partial charge in [-0.2, -0.15) is 0 Å². The number of benzene rings is 1. The number of fused-ring (bicyclic) bond motifs is 1. The molecule has 5 heteroatoms. The van der Waals surface area contributed by atoms with Gasteiger partial charge in [0.2, 0.25) is 0 Å². The predicted octanol–water partition coefficient (Wildman–Crippen LogP) is 0.918. The minimum absolute atomic E-state index is 0.341. The zero-order valence-corrected chi connectivity index (χ0v) is 9.57. The second-order valence-electron chi connectivity index (χ2n) is 4.31. The number of carbonyl (C=O) groups excluding carboxylic acids is 1. The van der Waals surface area contributed by atoms with Crippen LogP contribution in [0.15, 0.2) is 12.1 Å². The lowest BCUT2D eigenvalue weighted by molar-refractivity contribution is -0.149. The van der Waals surface area contributed by atoms with Crippen molar-refractivity contribution in [2.75, 3.05) is 5.32 Å². The summed E-state index contributed by atoms with van der Waals surface area (Å²) in [6.07, 6.45) is -0.631. The van der Waals surface area contributed by atoms with Crippen LogP contribution in [0, 0.1) is 13.8 Å². The van der Waals surface area contributed by atoms with Crippen LogP contribution >= 0.6 is 0 Å². The second kappa shape index (κ2) is 3.56. The summed E-state index contributed by atoms with van der Waals surface area (Å²) in [4.78, 5) is 22.5. The van der Waals surface area contributed by atoms with Crippen LogP contribution in [0.25, 0.3) is 0 Å². The maximum Gasteiger partial charge on any atom is 0.307 e. The number of carbonyl (C=O) groups is 2. The molecular weight excluding hydrogens is 222 g/mol. The van der Waals surface area contributed by atoms with Crippen molar-refractivity contribution in [3.8, 4) is 0 Å². The molecule has 90 valence electrons. The Bertz CT molecular complexity index is 523. The summed E-state index contributed by atoms with van der Waals surface area (Å²) in [5, 5.41) is 21.5. The van der Waals surface area contributed by atoms with Gasteiger partial charge < -0.3 is 15.5 Å². The number of carboxylic acid groups (broad SMARTS) is 1. The molecule has 0 bridgehead atoms.